The molecule has 0 unspecified atom stereocenters. The second-order valence-electron chi connectivity index (χ2n) is 9.35. The number of unbranched alkanes of at least 4 members (excludes halogenated alkanes) is 1. The molecule has 192 valence electrons. The maximum Gasteiger partial charge on any atom is 0.265 e. The molecule has 4 rings (SSSR count). The zero-order valence-corrected chi connectivity index (χ0v) is 22.0. The first-order valence-electron chi connectivity index (χ1n) is 13.0. The quantitative estimate of drug-likeness (QED) is 0.267. The number of para-hydroxylation sites is 1. The van der Waals surface area contributed by atoms with Crippen LogP contribution in [0.25, 0.3) is 16.8 Å². The number of nitrogens with zero attached hydrogens (tertiary/aromatic N) is 3. The van der Waals surface area contributed by atoms with Crippen LogP contribution in [0, 0.1) is 12.9 Å². The molecule has 2 heterocycles. The third-order valence-corrected chi connectivity index (χ3v) is 6.96. The van der Waals surface area contributed by atoms with E-state index in [1.165, 1.54) is 6.20 Å². The van der Waals surface area contributed by atoms with Gasteiger partial charge in [-0.3, -0.25) is 9.36 Å². The van der Waals surface area contributed by atoms with Gasteiger partial charge in [0.25, 0.3) is 5.56 Å². The lowest BCUT2D eigenvalue weighted by Crippen LogP contribution is -2.29. The highest BCUT2D eigenvalue weighted by Crippen LogP contribution is 2.27. The molecule has 0 spiro atoms. The summed E-state index contributed by atoms with van der Waals surface area (Å²) in [5.41, 5.74) is 6.08. The Hall–Kier alpha value is -3.80. The van der Waals surface area contributed by atoms with Gasteiger partial charge in [0, 0.05) is 24.6 Å². The van der Waals surface area contributed by atoms with E-state index >= 15 is 0 Å². The Bertz CT molecular complexity index is 1440. The number of aromatic nitrogens is 3. The molecule has 0 fully saturated rings. The van der Waals surface area contributed by atoms with E-state index in [0.29, 0.717) is 17.8 Å². The molecule has 1 N–H and O–H groups in total. The van der Waals surface area contributed by atoms with Crippen LogP contribution in [-0.2, 0) is 25.7 Å². The maximum atomic E-state index is 14.0. The average molecular weight is 500 g/mol. The summed E-state index contributed by atoms with van der Waals surface area (Å²) >= 11 is 0. The fourth-order valence-corrected chi connectivity index (χ4v) is 4.81. The van der Waals surface area contributed by atoms with E-state index in [1.54, 1.807) is 17.6 Å². The third kappa shape index (κ3) is 5.33. The normalized spacial score (nSPS) is 11.2. The molecule has 0 bridgehead atoms. The van der Waals surface area contributed by atoms with Gasteiger partial charge in [0.1, 0.15) is 5.82 Å². The summed E-state index contributed by atoms with van der Waals surface area (Å²) in [5, 5.41) is 10.9. The number of benzene rings is 2. The van der Waals surface area contributed by atoms with E-state index in [2.05, 4.69) is 42.9 Å². The molecular weight excluding hydrogens is 465 g/mol. The molecule has 0 saturated carbocycles. The lowest BCUT2D eigenvalue weighted by atomic mass is 9.98. The van der Waals surface area contributed by atoms with Crippen molar-refractivity contribution >= 4 is 0 Å². The highest BCUT2D eigenvalue weighted by molar-refractivity contribution is 5.67. The number of hydrogen-bond donors (Lipinski definition) is 1. The van der Waals surface area contributed by atoms with Crippen molar-refractivity contribution in [3.05, 3.63) is 105 Å². The topological polar surface area (TPSA) is 68.0 Å². The van der Waals surface area contributed by atoms with Crippen molar-refractivity contribution in [3.8, 4) is 22.7 Å². The number of hydrogen-bond acceptors (Lipinski definition) is 4. The van der Waals surface area contributed by atoms with Crippen molar-refractivity contribution in [2.45, 2.75) is 66.2 Å². The molecule has 6 heteroatoms. The van der Waals surface area contributed by atoms with Crippen LogP contribution in [0.3, 0.4) is 0 Å². The molecule has 37 heavy (non-hydrogen) atoms. The van der Waals surface area contributed by atoms with E-state index in [0.717, 1.165) is 59.2 Å². The standard InChI is InChI=1S/C31H34FN3O2/c1-5-8-12-27-34-30(36)26(31(37)35(27)28-22(6-2)10-9-11-23(28)7-3)19-21-13-15-24(16-14-21)25-17-18-33-29(32)20(25)4/h9-11,13-18,36H,5-8,12,19H2,1-4H3. The molecule has 2 aromatic carbocycles. The van der Waals surface area contributed by atoms with Gasteiger partial charge >= 0.3 is 0 Å². The van der Waals surface area contributed by atoms with E-state index < -0.39 is 5.95 Å². The first kappa shape index (κ1) is 26.3. The summed E-state index contributed by atoms with van der Waals surface area (Å²) in [6, 6.07) is 15.5. The van der Waals surface area contributed by atoms with Gasteiger partial charge in [0.2, 0.25) is 11.8 Å². The fourth-order valence-electron chi connectivity index (χ4n) is 4.81. The summed E-state index contributed by atoms with van der Waals surface area (Å²) in [5.74, 6) is -0.107. The molecule has 0 aliphatic rings. The summed E-state index contributed by atoms with van der Waals surface area (Å²) in [6.07, 6.45) is 5.71. The Kier molecular flexibility index (Phi) is 8.17. The van der Waals surface area contributed by atoms with Crippen LogP contribution < -0.4 is 5.56 Å². The lowest BCUT2D eigenvalue weighted by molar-refractivity contribution is 0.437. The monoisotopic (exact) mass is 499 g/mol. The van der Waals surface area contributed by atoms with Crippen LogP contribution in [0.5, 0.6) is 5.88 Å². The van der Waals surface area contributed by atoms with Crippen molar-refractivity contribution in [2.24, 2.45) is 0 Å². The largest absolute Gasteiger partial charge is 0.493 e. The molecule has 2 aromatic heterocycles. The minimum atomic E-state index is -0.486. The summed E-state index contributed by atoms with van der Waals surface area (Å²) in [6.45, 7) is 7.97. The number of rotatable bonds is 9. The van der Waals surface area contributed by atoms with Crippen molar-refractivity contribution in [3.63, 3.8) is 0 Å². The van der Waals surface area contributed by atoms with Crippen LogP contribution in [0.4, 0.5) is 4.39 Å². The zero-order chi connectivity index (χ0) is 26.5. The van der Waals surface area contributed by atoms with Gasteiger partial charge in [-0.15, -0.1) is 0 Å². The SMILES string of the molecule is CCCCc1nc(O)c(Cc2ccc(-c3ccnc(F)c3C)cc2)c(=O)n1-c1c(CC)cccc1CC. The average Bonchev–Trinajstić information content (AvgIpc) is 2.91. The Balaban J connectivity index is 1.80. The molecule has 4 aromatic rings. The van der Waals surface area contributed by atoms with E-state index in [1.807, 2.05) is 30.3 Å². The molecule has 0 aliphatic heterocycles. The molecule has 0 atom stereocenters. The van der Waals surface area contributed by atoms with E-state index in [4.69, 9.17) is 0 Å². The van der Waals surface area contributed by atoms with Gasteiger partial charge in [-0.2, -0.15) is 9.37 Å². The van der Waals surface area contributed by atoms with Gasteiger partial charge < -0.3 is 5.11 Å². The minimum absolute atomic E-state index is 0.212. The second kappa shape index (κ2) is 11.5. The highest BCUT2D eigenvalue weighted by atomic mass is 19.1. The summed E-state index contributed by atoms with van der Waals surface area (Å²) in [7, 11) is 0. The molecule has 0 saturated heterocycles. The molecule has 0 radical (unpaired) electrons. The maximum absolute atomic E-state index is 14.0. The third-order valence-electron chi connectivity index (χ3n) is 6.96. The van der Waals surface area contributed by atoms with E-state index in [9.17, 15) is 14.3 Å². The molecule has 0 aliphatic carbocycles. The zero-order valence-electron chi connectivity index (χ0n) is 22.0. The van der Waals surface area contributed by atoms with Crippen molar-refractivity contribution in [1.29, 1.82) is 0 Å². The Morgan fingerprint density at radius 3 is 2.27 bits per heavy atom. The first-order chi connectivity index (χ1) is 17.9. The number of aryl methyl sites for hydroxylation is 3. The van der Waals surface area contributed by atoms with Gasteiger partial charge in [0.15, 0.2) is 0 Å². The van der Waals surface area contributed by atoms with Crippen LogP contribution in [0.2, 0.25) is 0 Å². The number of pyridine rings is 1. The van der Waals surface area contributed by atoms with Gasteiger partial charge in [-0.25, -0.2) is 4.98 Å². The lowest BCUT2D eigenvalue weighted by Gasteiger charge is -2.20. The van der Waals surface area contributed by atoms with Crippen molar-refractivity contribution < 1.29 is 9.50 Å². The number of aromatic hydroxyl groups is 1. The summed E-state index contributed by atoms with van der Waals surface area (Å²) in [4.78, 5) is 22.3. The first-order valence-corrected chi connectivity index (χ1v) is 13.0. The molecule has 5 nitrogen and oxygen atoms in total. The predicted octanol–water partition coefficient (Wildman–Crippen LogP) is 6.51. The predicted molar refractivity (Wildman–Crippen MR) is 146 cm³/mol. The van der Waals surface area contributed by atoms with Gasteiger partial charge in [0.05, 0.1) is 11.3 Å². The van der Waals surface area contributed by atoms with Gasteiger partial charge in [-0.05, 0) is 60.1 Å². The Morgan fingerprint density at radius 2 is 1.65 bits per heavy atom. The van der Waals surface area contributed by atoms with Crippen LogP contribution >= 0.6 is 0 Å². The van der Waals surface area contributed by atoms with E-state index in [-0.39, 0.29) is 23.4 Å². The molecular formula is C31H34FN3O2. The van der Waals surface area contributed by atoms with Gasteiger partial charge in [-0.1, -0.05) is 69.7 Å². The molecule has 0 amide bonds. The second-order valence-corrected chi connectivity index (χ2v) is 9.35. The smallest absolute Gasteiger partial charge is 0.265 e. The fraction of sp³-hybridized carbons (Fsp3) is 0.323. The van der Waals surface area contributed by atoms with Crippen molar-refractivity contribution in [2.75, 3.05) is 0 Å². The Morgan fingerprint density at radius 1 is 0.973 bits per heavy atom. The van der Waals surface area contributed by atoms with Crippen LogP contribution in [-0.4, -0.2) is 19.6 Å². The van der Waals surface area contributed by atoms with Crippen LogP contribution in [0.15, 0.2) is 59.5 Å². The number of halogens is 1. The minimum Gasteiger partial charge on any atom is -0.493 e. The highest BCUT2D eigenvalue weighted by Gasteiger charge is 2.21. The Labute approximate surface area is 217 Å². The summed E-state index contributed by atoms with van der Waals surface area (Å²) < 4.78 is 15.7. The van der Waals surface area contributed by atoms with Crippen LogP contribution in [0.1, 0.15) is 67.3 Å². The van der Waals surface area contributed by atoms with Crippen molar-refractivity contribution in [1.82, 2.24) is 14.5 Å².